The molecule has 0 saturated heterocycles. The monoisotopic (exact) mass is 399 g/mol. The van der Waals surface area contributed by atoms with E-state index in [1.807, 2.05) is 48.5 Å². The number of hydrogen-bond acceptors (Lipinski definition) is 5. The van der Waals surface area contributed by atoms with Crippen LogP contribution in [0.5, 0.6) is 0 Å². The van der Waals surface area contributed by atoms with E-state index in [0.717, 1.165) is 20.9 Å². The van der Waals surface area contributed by atoms with Crippen molar-refractivity contribution in [3.63, 3.8) is 0 Å². The molecule has 0 aliphatic carbocycles. The first kappa shape index (κ1) is 17.4. The molecule has 0 aliphatic rings. The molecule has 5 nitrogen and oxygen atoms in total. The Kier molecular flexibility index (Phi) is 5.60. The van der Waals surface area contributed by atoms with Crippen LogP contribution in [0.4, 0.5) is 5.82 Å². The number of anilines is 1. The summed E-state index contributed by atoms with van der Waals surface area (Å²) in [5.41, 5.74) is 1.79. The highest BCUT2D eigenvalue weighted by Crippen LogP contribution is 2.25. The number of rotatable bonds is 6. The lowest BCUT2D eigenvalue weighted by Crippen LogP contribution is -2.12. The Morgan fingerprint density at radius 1 is 1.12 bits per heavy atom. The summed E-state index contributed by atoms with van der Waals surface area (Å²) >= 11 is 3.44. The minimum Gasteiger partial charge on any atom is -0.466 e. The first-order chi connectivity index (χ1) is 12.2. The zero-order valence-electron chi connectivity index (χ0n) is 13.8. The second-order valence-corrected chi connectivity index (χ2v) is 6.32. The first-order valence-electron chi connectivity index (χ1n) is 8.09. The van der Waals surface area contributed by atoms with Crippen molar-refractivity contribution in [2.24, 2.45) is 0 Å². The molecule has 3 rings (SSSR count). The highest BCUT2D eigenvalue weighted by Gasteiger charge is 2.10. The maximum atomic E-state index is 11.5. The van der Waals surface area contributed by atoms with Gasteiger partial charge in [0.25, 0.3) is 0 Å². The third kappa shape index (κ3) is 4.33. The molecular formula is C19H18BrN3O2. The number of esters is 1. The number of para-hydroxylation sites is 1. The van der Waals surface area contributed by atoms with Crippen LogP contribution in [0.1, 0.15) is 13.3 Å². The maximum absolute atomic E-state index is 11.5. The molecule has 2 aromatic carbocycles. The third-order valence-electron chi connectivity index (χ3n) is 3.63. The van der Waals surface area contributed by atoms with Gasteiger partial charge in [-0.05, 0) is 31.2 Å². The number of carbonyl (C=O) groups is 1. The van der Waals surface area contributed by atoms with Crippen LogP contribution in [0.25, 0.3) is 22.3 Å². The van der Waals surface area contributed by atoms with Crippen LogP contribution in [-0.4, -0.2) is 29.1 Å². The van der Waals surface area contributed by atoms with Crippen LogP contribution in [0.3, 0.4) is 0 Å². The Bertz CT molecular complexity index is 881. The number of nitrogens with zero attached hydrogens (tertiary/aromatic N) is 2. The first-order valence-corrected chi connectivity index (χ1v) is 8.89. The van der Waals surface area contributed by atoms with E-state index in [0.29, 0.717) is 31.2 Å². The molecule has 1 aromatic heterocycles. The van der Waals surface area contributed by atoms with E-state index in [1.54, 1.807) is 6.92 Å². The van der Waals surface area contributed by atoms with Gasteiger partial charge in [0.1, 0.15) is 5.82 Å². The van der Waals surface area contributed by atoms with E-state index < -0.39 is 0 Å². The third-order valence-corrected chi connectivity index (χ3v) is 4.16. The van der Waals surface area contributed by atoms with Gasteiger partial charge in [-0.1, -0.05) is 40.2 Å². The summed E-state index contributed by atoms with van der Waals surface area (Å²) in [6, 6.07) is 15.7. The molecule has 0 saturated carbocycles. The smallest absolute Gasteiger partial charge is 0.307 e. The number of fused-ring (bicyclic) bond motifs is 1. The van der Waals surface area contributed by atoms with Crippen LogP contribution in [-0.2, 0) is 9.53 Å². The molecular weight excluding hydrogens is 382 g/mol. The van der Waals surface area contributed by atoms with Crippen molar-refractivity contribution in [3.05, 3.63) is 53.0 Å². The largest absolute Gasteiger partial charge is 0.466 e. The topological polar surface area (TPSA) is 64.1 Å². The van der Waals surface area contributed by atoms with E-state index in [4.69, 9.17) is 4.74 Å². The minimum absolute atomic E-state index is 0.221. The quantitative estimate of drug-likeness (QED) is 0.621. The molecule has 0 atom stereocenters. The van der Waals surface area contributed by atoms with Crippen LogP contribution in [0.2, 0.25) is 0 Å². The molecule has 6 heteroatoms. The lowest BCUT2D eigenvalue weighted by molar-refractivity contribution is -0.142. The van der Waals surface area contributed by atoms with Crippen LogP contribution in [0, 0.1) is 0 Å². The second-order valence-electron chi connectivity index (χ2n) is 5.40. The summed E-state index contributed by atoms with van der Waals surface area (Å²) in [5.74, 6) is 1.14. The van der Waals surface area contributed by atoms with Crippen LogP contribution in [0.15, 0.2) is 53.0 Å². The summed E-state index contributed by atoms with van der Waals surface area (Å²) in [6.07, 6.45) is 0.291. The number of ether oxygens (including phenoxy) is 1. The lowest BCUT2D eigenvalue weighted by Gasteiger charge is -2.11. The molecule has 0 amide bonds. The van der Waals surface area contributed by atoms with E-state index in [9.17, 15) is 4.79 Å². The molecule has 3 aromatic rings. The number of hydrogen-bond donors (Lipinski definition) is 1. The molecule has 1 heterocycles. The van der Waals surface area contributed by atoms with Crippen molar-refractivity contribution in [2.75, 3.05) is 18.5 Å². The summed E-state index contributed by atoms with van der Waals surface area (Å²) in [4.78, 5) is 20.8. The van der Waals surface area contributed by atoms with Gasteiger partial charge in [0.05, 0.1) is 18.5 Å². The van der Waals surface area contributed by atoms with Crippen molar-refractivity contribution in [1.82, 2.24) is 9.97 Å². The summed E-state index contributed by atoms with van der Waals surface area (Å²) in [6.45, 7) is 2.65. The number of benzene rings is 2. The Morgan fingerprint density at radius 2 is 1.88 bits per heavy atom. The van der Waals surface area contributed by atoms with Gasteiger partial charge >= 0.3 is 5.97 Å². The van der Waals surface area contributed by atoms with E-state index in [2.05, 4.69) is 31.2 Å². The fourth-order valence-corrected chi connectivity index (χ4v) is 2.72. The van der Waals surface area contributed by atoms with Crippen molar-refractivity contribution in [2.45, 2.75) is 13.3 Å². The zero-order chi connectivity index (χ0) is 17.6. The summed E-state index contributed by atoms with van der Waals surface area (Å²) in [7, 11) is 0. The number of halogens is 1. The van der Waals surface area contributed by atoms with Gasteiger partial charge in [-0.25, -0.2) is 9.97 Å². The molecule has 128 valence electrons. The van der Waals surface area contributed by atoms with Gasteiger partial charge in [0, 0.05) is 22.0 Å². The zero-order valence-corrected chi connectivity index (χ0v) is 15.4. The molecule has 0 bridgehead atoms. The average Bonchev–Trinajstić information content (AvgIpc) is 2.62. The molecule has 0 radical (unpaired) electrons. The van der Waals surface area contributed by atoms with Gasteiger partial charge in [-0.15, -0.1) is 0 Å². The van der Waals surface area contributed by atoms with Crippen molar-refractivity contribution < 1.29 is 9.53 Å². The lowest BCUT2D eigenvalue weighted by atomic mass is 10.2. The molecule has 1 N–H and O–H groups in total. The highest BCUT2D eigenvalue weighted by atomic mass is 79.9. The van der Waals surface area contributed by atoms with Gasteiger partial charge in [0.15, 0.2) is 5.82 Å². The summed E-state index contributed by atoms with van der Waals surface area (Å²) < 4.78 is 5.96. The van der Waals surface area contributed by atoms with Crippen LogP contribution < -0.4 is 5.32 Å². The Labute approximate surface area is 154 Å². The highest BCUT2D eigenvalue weighted by molar-refractivity contribution is 9.10. The van der Waals surface area contributed by atoms with Gasteiger partial charge in [-0.3, -0.25) is 4.79 Å². The number of carbonyl (C=O) groups excluding carboxylic acids is 1. The predicted molar refractivity (Wildman–Crippen MR) is 102 cm³/mol. The average molecular weight is 400 g/mol. The van der Waals surface area contributed by atoms with Gasteiger partial charge in [-0.2, -0.15) is 0 Å². The van der Waals surface area contributed by atoms with E-state index in [1.165, 1.54) is 0 Å². The summed E-state index contributed by atoms with van der Waals surface area (Å²) in [5, 5.41) is 4.16. The predicted octanol–water partition coefficient (Wildman–Crippen LogP) is 4.42. The van der Waals surface area contributed by atoms with Gasteiger partial charge in [0.2, 0.25) is 0 Å². The molecule has 0 spiro atoms. The minimum atomic E-state index is -0.221. The second kappa shape index (κ2) is 8.07. The number of aromatic nitrogens is 2. The van der Waals surface area contributed by atoms with E-state index in [-0.39, 0.29) is 5.97 Å². The van der Waals surface area contributed by atoms with Gasteiger partial charge < -0.3 is 10.1 Å². The van der Waals surface area contributed by atoms with Crippen molar-refractivity contribution in [3.8, 4) is 11.4 Å². The molecule has 25 heavy (non-hydrogen) atoms. The maximum Gasteiger partial charge on any atom is 0.307 e. The fourth-order valence-electron chi connectivity index (χ4n) is 2.46. The molecule has 0 fully saturated rings. The van der Waals surface area contributed by atoms with Crippen LogP contribution >= 0.6 is 15.9 Å². The fraction of sp³-hybridized carbons (Fsp3) is 0.211. The Morgan fingerprint density at radius 3 is 2.64 bits per heavy atom. The normalized spacial score (nSPS) is 10.6. The van der Waals surface area contributed by atoms with E-state index >= 15 is 0 Å². The molecule has 0 unspecified atom stereocenters. The Balaban J connectivity index is 1.90. The standard InChI is InChI=1S/C19H18BrN3O2/c1-2-25-17(24)11-12-21-19-15-5-3-4-6-16(15)22-18(23-19)13-7-9-14(20)10-8-13/h3-10H,2,11-12H2,1H3,(H,21,22,23). The SMILES string of the molecule is CCOC(=O)CCNc1nc(-c2ccc(Br)cc2)nc2ccccc12. The number of nitrogens with one attached hydrogen (secondary N) is 1. The Hall–Kier alpha value is -2.47. The van der Waals surface area contributed by atoms with Crippen molar-refractivity contribution in [1.29, 1.82) is 0 Å². The molecule has 0 aliphatic heterocycles. The van der Waals surface area contributed by atoms with Crippen molar-refractivity contribution >= 4 is 38.6 Å².